The number of aryl methyl sites for hydroxylation is 3. The minimum atomic E-state index is -0.0560. The smallest absolute Gasteiger partial charge is 0.242 e. The van der Waals surface area contributed by atoms with Crippen LogP contribution in [0.1, 0.15) is 16.7 Å². The van der Waals surface area contributed by atoms with Crippen LogP contribution in [0.5, 0.6) is 0 Å². The predicted octanol–water partition coefficient (Wildman–Crippen LogP) is 15.5. The van der Waals surface area contributed by atoms with Gasteiger partial charge in [0.1, 0.15) is 0 Å². The van der Waals surface area contributed by atoms with Crippen LogP contribution in [0, 0.1) is 20.8 Å². The van der Waals surface area contributed by atoms with E-state index in [0.717, 1.165) is 22.7 Å². The van der Waals surface area contributed by atoms with Crippen molar-refractivity contribution in [3.8, 4) is 22.7 Å². The molecule has 4 heterocycles. The Morgan fingerprint density at radius 1 is 0.243 bits per heavy atom. The normalized spacial score (nSPS) is 12.0. The van der Waals surface area contributed by atoms with Crippen molar-refractivity contribution in [3.63, 3.8) is 0 Å². The maximum atomic E-state index is 2.50. The highest BCUT2D eigenvalue weighted by Crippen LogP contribution is 2.41. The van der Waals surface area contributed by atoms with Crippen molar-refractivity contribution in [1.82, 2.24) is 18.3 Å². The number of hydrogen-bond donors (Lipinski definition) is 0. The van der Waals surface area contributed by atoms with Gasteiger partial charge in [0.15, 0.2) is 0 Å². The van der Waals surface area contributed by atoms with E-state index in [9.17, 15) is 0 Å². The summed E-state index contributed by atoms with van der Waals surface area (Å²) in [5, 5.41) is 9.96. The Bertz CT molecular complexity index is 4740. The first kappa shape index (κ1) is 42.4. The summed E-state index contributed by atoms with van der Waals surface area (Å²) in [5.41, 5.74) is 21.9. The molecule has 0 saturated heterocycles. The molecule has 15 rings (SSSR count). The highest BCUT2D eigenvalue weighted by molar-refractivity contribution is 6.96. The number of para-hydroxylation sites is 6. The average molecular weight is 945 g/mol. The van der Waals surface area contributed by atoms with E-state index in [1.165, 1.54) is 120 Å². The first-order valence-corrected chi connectivity index (χ1v) is 25.8. The quantitative estimate of drug-likeness (QED) is 0.142. The summed E-state index contributed by atoms with van der Waals surface area (Å²) < 4.78 is 9.85. The molecule has 0 radical (unpaired) electrons. The lowest BCUT2D eigenvalue weighted by Gasteiger charge is -2.23. The Hall–Kier alpha value is -9.32. The van der Waals surface area contributed by atoms with Crippen LogP contribution in [0.4, 0.5) is 0 Å². The van der Waals surface area contributed by atoms with Crippen LogP contribution in [0.25, 0.3) is 110 Å². The largest absolute Gasteiger partial charge is 0.309 e. The van der Waals surface area contributed by atoms with Crippen molar-refractivity contribution in [3.05, 3.63) is 259 Å². The molecule has 74 heavy (non-hydrogen) atoms. The lowest BCUT2D eigenvalue weighted by Crippen LogP contribution is -2.54. The second-order valence-electron chi connectivity index (χ2n) is 20.3. The molecule has 15 aromatic rings. The van der Waals surface area contributed by atoms with Gasteiger partial charge in [-0.1, -0.05) is 179 Å². The van der Waals surface area contributed by atoms with Crippen LogP contribution in [-0.4, -0.2) is 25.0 Å². The summed E-state index contributed by atoms with van der Waals surface area (Å²) in [6, 6.07) is 90.2. The fourth-order valence-corrected chi connectivity index (χ4v) is 13.0. The number of nitrogens with zero attached hydrogens (tertiary/aromatic N) is 4. The van der Waals surface area contributed by atoms with Gasteiger partial charge in [0, 0.05) is 65.8 Å². The van der Waals surface area contributed by atoms with Gasteiger partial charge in [-0.3, -0.25) is 0 Å². The molecule has 348 valence electrons. The minimum absolute atomic E-state index is 0.0560. The molecule has 0 spiro atoms. The van der Waals surface area contributed by atoms with Crippen LogP contribution in [0.2, 0.25) is 0 Å². The van der Waals surface area contributed by atoms with E-state index in [-0.39, 0.29) is 6.71 Å². The van der Waals surface area contributed by atoms with E-state index in [2.05, 4.69) is 282 Å². The van der Waals surface area contributed by atoms with Crippen molar-refractivity contribution in [2.45, 2.75) is 20.8 Å². The number of benzene rings is 11. The summed E-state index contributed by atoms with van der Waals surface area (Å²) >= 11 is 0. The summed E-state index contributed by atoms with van der Waals surface area (Å²) in [5.74, 6) is 0. The van der Waals surface area contributed by atoms with Gasteiger partial charge in [0.25, 0.3) is 0 Å². The SMILES string of the molecule is Cc1cc(C)c(B(c2cccc(-n3c4ccccc4c4cc5c(cc43)c3ccccc3n5-c3ccccc3)c2)c2cccc(-n3c4ccccc4c4cc5c6ccccc6n(-c6ccccc6)c5cc43)c2)c(C)c1. The van der Waals surface area contributed by atoms with Gasteiger partial charge in [-0.05, 0) is 118 Å². The molecule has 5 heteroatoms. The molecule has 4 aromatic heterocycles. The predicted molar refractivity (Wildman–Crippen MR) is 316 cm³/mol. The molecule has 0 unspecified atom stereocenters. The highest BCUT2D eigenvalue weighted by Gasteiger charge is 2.28. The first-order valence-electron chi connectivity index (χ1n) is 25.8. The van der Waals surface area contributed by atoms with Gasteiger partial charge < -0.3 is 18.3 Å². The zero-order valence-electron chi connectivity index (χ0n) is 41.5. The van der Waals surface area contributed by atoms with Crippen molar-refractivity contribution in [2.24, 2.45) is 0 Å². The third-order valence-corrected chi connectivity index (χ3v) is 15.9. The van der Waals surface area contributed by atoms with Gasteiger partial charge in [-0.15, -0.1) is 0 Å². The second kappa shape index (κ2) is 16.4. The average Bonchev–Trinajstić information content (AvgIpc) is 4.18. The van der Waals surface area contributed by atoms with E-state index in [1.54, 1.807) is 0 Å². The van der Waals surface area contributed by atoms with Gasteiger partial charge in [0.05, 0.1) is 44.1 Å². The van der Waals surface area contributed by atoms with E-state index in [4.69, 9.17) is 0 Å². The molecule has 0 atom stereocenters. The van der Waals surface area contributed by atoms with Crippen LogP contribution in [0.15, 0.2) is 243 Å². The molecule has 0 fully saturated rings. The van der Waals surface area contributed by atoms with E-state index in [1.807, 2.05) is 0 Å². The maximum absolute atomic E-state index is 2.50. The van der Waals surface area contributed by atoms with Crippen LogP contribution >= 0.6 is 0 Å². The van der Waals surface area contributed by atoms with Gasteiger partial charge in [-0.25, -0.2) is 0 Å². The van der Waals surface area contributed by atoms with Gasteiger partial charge in [0.2, 0.25) is 6.71 Å². The summed E-state index contributed by atoms with van der Waals surface area (Å²) in [6.07, 6.45) is 0. The standard InChI is InChI=1S/C69H49BN4/c1-44-36-45(2)69(46(3)37-44)70(47-20-18-26-51(38-47)73-64-35-17-13-31-56(64)60-41-65-59(42-66(60)73)55-30-12-15-33-62(55)71(65)49-22-6-4-7-23-49)48-21-19-27-52(39-48)74-63-34-16-11-29-54(63)58-40-57-53-28-10-14-32-61(53)72(67(57)43-68(58)74)50-24-8-5-9-25-50/h4-43H,1-3H3. The topological polar surface area (TPSA) is 19.7 Å². The monoisotopic (exact) mass is 944 g/mol. The Morgan fingerprint density at radius 2 is 0.568 bits per heavy atom. The van der Waals surface area contributed by atoms with Crippen molar-refractivity contribution >= 4 is 110 Å². The van der Waals surface area contributed by atoms with Gasteiger partial charge in [-0.2, -0.15) is 0 Å². The Labute approximate surface area is 429 Å². The lowest BCUT2D eigenvalue weighted by molar-refractivity contribution is 1.17. The Morgan fingerprint density at radius 3 is 0.973 bits per heavy atom. The van der Waals surface area contributed by atoms with Gasteiger partial charge >= 0.3 is 0 Å². The summed E-state index contributed by atoms with van der Waals surface area (Å²) in [6.45, 7) is 6.75. The number of rotatable bonds is 7. The second-order valence-corrected chi connectivity index (χ2v) is 20.3. The minimum Gasteiger partial charge on any atom is -0.309 e. The summed E-state index contributed by atoms with van der Waals surface area (Å²) in [4.78, 5) is 0. The third-order valence-electron chi connectivity index (χ3n) is 15.9. The van der Waals surface area contributed by atoms with Crippen LogP contribution in [0.3, 0.4) is 0 Å². The van der Waals surface area contributed by atoms with Crippen molar-refractivity contribution in [1.29, 1.82) is 0 Å². The molecule has 4 nitrogen and oxygen atoms in total. The molecule has 0 aliphatic rings. The number of hydrogen-bond acceptors (Lipinski definition) is 0. The molecular formula is C69H49BN4. The fourth-order valence-electron chi connectivity index (χ4n) is 13.0. The maximum Gasteiger partial charge on any atom is 0.242 e. The highest BCUT2D eigenvalue weighted by atomic mass is 15.0. The van der Waals surface area contributed by atoms with E-state index >= 15 is 0 Å². The molecule has 0 amide bonds. The van der Waals surface area contributed by atoms with Crippen molar-refractivity contribution in [2.75, 3.05) is 0 Å². The zero-order chi connectivity index (χ0) is 49.2. The molecular weight excluding hydrogens is 896 g/mol. The molecule has 0 aliphatic carbocycles. The Kier molecular flexibility index (Phi) is 9.37. The molecule has 0 N–H and O–H groups in total. The van der Waals surface area contributed by atoms with Crippen LogP contribution in [-0.2, 0) is 0 Å². The molecule has 0 bridgehead atoms. The van der Waals surface area contributed by atoms with E-state index in [0.29, 0.717) is 0 Å². The zero-order valence-corrected chi connectivity index (χ0v) is 41.5. The number of aromatic nitrogens is 4. The fraction of sp³-hybridized carbons (Fsp3) is 0.0435. The van der Waals surface area contributed by atoms with Crippen LogP contribution < -0.4 is 16.4 Å². The third kappa shape index (κ3) is 6.29. The lowest BCUT2D eigenvalue weighted by atomic mass is 9.35. The molecule has 0 saturated carbocycles. The summed E-state index contributed by atoms with van der Waals surface area (Å²) in [7, 11) is 0. The Balaban J connectivity index is 0.951. The number of fused-ring (bicyclic) bond motifs is 12. The van der Waals surface area contributed by atoms with Crippen molar-refractivity contribution < 1.29 is 0 Å². The molecule has 11 aromatic carbocycles. The molecule has 0 aliphatic heterocycles. The first-order chi connectivity index (χ1) is 36.5. The van der Waals surface area contributed by atoms with E-state index < -0.39 is 0 Å².